The van der Waals surface area contributed by atoms with Gasteiger partial charge in [0, 0.05) is 18.1 Å². The Labute approximate surface area is 144 Å². The van der Waals surface area contributed by atoms with Gasteiger partial charge in [0.25, 0.3) is 5.56 Å². The van der Waals surface area contributed by atoms with Crippen molar-refractivity contribution in [3.8, 4) is 11.6 Å². The van der Waals surface area contributed by atoms with E-state index < -0.39 is 0 Å². The molecule has 6 heteroatoms. The minimum Gasteiger partial charge on any atom is -0.439 e. The molecule has 0 radical (unpaired) electrons. The number of hydrogen-bond acceptors (Lipinski definition) is 4. The molecule has 0 spiro atoms. The number of aromatic amines is 1. The van der Waals surface area contributed by atoms with Crippen LogP contribution >= 0.6 is 11.6 Å². The Balaban J connectivity index is 1.85. The first-order valence-corrected chi connectivity index (χ1v) is 7.84. The van der Waals surface area contributed by atoms with Crippen molar-refractivity contribution in [2.45, 2.75) is 20.3 Å². The lowest BCUT2D eigenvalue weighted by Crippen LogP contribution is -2.12. The number of nitrogens with one attached hydrogen (secondary N) is 1. The van der Waals surface area contributed by atoms with Crippen LogP contribution in [0.5, 0.6) is 11.6 Å². The van der Waals surface area contributed by atoms with Crippen LogP contribution in [-0.4, -0.2) is 15.2 Å². The summed E-state index contributed by atoms with van der Waals surface area (Å²) >= 11 is 5.89. The molecule has 0 unspecified atom stereocenters. The number of nitrogens with zero attached hydrogens (tertiary/aromatic N) is 2. The van der Waals surface area contributed by atoms with E-state index in [9.17, 15) is 4.79 Å². The van der Waals surface area contributed by atoms with Crippen molar-refractivity contribution < 1.29 is 4.74 Å². The molecule has 122 valence electrons. The first-order chi connectivity index (χ1) is 11.5. The predicted octanol–water partition coefficient (Wildman–Crippen LogP) is 3.82. The van der Waals surface area contributed by atoms with Crippen LogP contribution in [0.2, 0.25) is 5.15 Å². The van der Waals surface area contributed by atoms with Gasteiger partial charge in [-0.25, -0.2) is 10.1 Å². The van der Waals surface area contributed by atoms with Crippen molar-refractivity contribution in [2.75, 3.05) is 0 Å². The molecule has 1 N–H and O–H groups in total. The molecule has 0 aliphatic rings. The minimum atomic E-state index is -0.168. The van der Waals surface area contributed by atoms with Gasteiger partial charge in [0.15, 0.2) is 0 Å². The average molecular weight is 342 g/mol. The van der Waals surface area contributed by atoms with E-state index in [-0.39, 0.29) is 5.56 Å². The maximum Gasteiger partial charge on any atom is 0.267 e. The number of aryl methyl sites for hydroxylation is 2. The van der Waals surface area contributed by atoms with E-state index in [0.717, 1.165) is 16.8 Å². The van der Waals surface area contributed by atoms with E-state index in [1.807, 2.05) is 25.1 Å². The van der Waals surface area contributed by atoms with Gasteiger partial charge in [-0.15, -0.1) is 0 Å². The Morgan fingerprint density at radius 1 is 1.12 bits per heavy atom. The smallest absolute Gasteiger partial charge is 0.267 e. The molecule has 0 saturated heterocycles. The number of hydrogen-bond donors (Lipinski definition) is 1. The van der Waals surface area contributed by atoms with Crippen molar-refractivity contribution in [3.05, 3.63) is 80.4 Å². The third-order valence-electron chi connectivity index (χ3n) is 3.58. The second-order valence-electron chi connectivity index (χ2n) is 5.55. The van der Waals surface area contributed by atoms with Crippen LogP contribution in [0.25, 0.3) is 0 Å². The van der Waals surface area contributed by atoms with Crippen LogP contribution in [-0.2, 0) is 6.42 Å². The van der Waals surface area contributed by atoms with Crippen molar-refractivity contribution in [1.29, 1.82) is 0 Å². The monoisotopic (exact) mass is 341 g/mol. The summed E-state index contributed by atoms with van der Waals surface area (Å²) in [7, 11) is 0. The first kappa shape index (κ1) is 16.2. The molecule has 0 amide bonds. The van der Waals surface area contributed by atoms with E-state index >= 15 is 0 Å². The minimum absolute atomic E-state index is 0.168. The summed E-state index contributed by atoms with van der Waals surface area (Å²) in [4.78, 5) is 15.5. The fraction of sp³-hybridized carbons (Fsp3) is 0.167. The summed E-state index contributed by atoms with van der Waals surface area (Å²) in [5, 5.41) is 6.96. The molecule has 24 heavy (non-hydrogen) atoms. The van der Waals surface area contributed by atoms with Crippen LogP contribution < -0.4 is 10.3 Å². The normalized spacial score (nSPS) is 10.6. The van der Waals surface area contributed by atoms with Crippen molar-refractivity contribution in [3.63, 3.8) is 0 Å². The molecule has 0 saturated carbocycles. The van der Waals surface area contributed by atoms with Gasteiger partial charge in [-0.05, 0) is 43.2 Å². The zero-order valence-corrected chi connectivity index (χ0v) is 14.1. The SMILES string of the molecule is Cc1ccc(Cc2cc(C)c(=O)[nH]n2)cc1Oc1cccc(Cl)n1. The first-order valence-electron chi connectivity index (χ1n) is 7.46. The zero-order valence-electron chi connectivity index (χ0n) is 13.3. The topological polar surface area (TPSA) is 67.9 Å². The van der Waals surface area contributed by atoms with Crippen LogP contribution in [0, 0.1) is 13.8 Å². The summed E-state index contributed by atoms with van der Waals surface area (Å²) < 4.78 is 5.84. The van der Waals surface area contributed by atoms with Gasteiger partial charge in [-0.2, -0.15) is 5.10 Å². The molecule has 2 heterocycles. The van der Waals surface area contributed by atoms with E-state index in [2.05, 4.69) is 15.2 Å². The lowest BCUT2D eigenvalue weighted by molar-refractivity contribution is 0.459. The number of benzene rings is 1. The summed E-state index contributed by atoms with van der Waals surface area (Å²) in [6.45, 7) is 3.73. The third kappa shape index (κ3) is 3.81. The zero-order chi connectivity index (χ0) is 17.1. The third-order valence-corrected chi connectivity index (χ3v) is 3.79. The molecular formula is C18H16ClN3O2. The highest BCUT2D eigenvalue weighted by Gasteiger charge is 2.07. The highest BCUT2D eigenvalue weighted by molar-refractivity contribution is 6.29. The van der Waals surface area contributed by atoms with Gasteiger partial charge < -0.3 is 4.74 Å². The fourth-order valence-corrected chi connectivity index (χ4v) is 2.44. The van der Waals surface area contributed by atoms with Gasteiger partial charge in [0.2, 0.25) is 5.88 Å². The summed E-state index contributed by atoms with van der Waals surface area (Å²) in [6.07, 6.45) is 0.594. The quantitative estimate of drug-likeness (QED) is 0.732. The molecule has 0 aliphatic heterocycles. The maximum atomic E-state index is 11.4. The highest BCUT2D eigenvalue weighted by atomic mass is 35.5. The Bertz CT molecular complexity index is 938. The molecule has 0 atom stereocenters. The van der Waals surface area contributed by atoms with E-state index in [4.69, 9.17) is 16.3 Å². The molecule has 3 aromatic rings. The Morgan fingerprint density at radius 3 is 2.71 bits per heavy atom. The van der Waals surface area contributed by atoms with Crippen LogP contribution in [0.3, 0.4) is 0 Å². The Morgan fingerprint density at radius 2 is 1.96 bits per heavy atom. The maximum absolute atomic E-state index is 11.4. The van der Waals surface area contributed by atoms with Gasteiger partial charge in [0.05, 0.1) is 5.69 Å². The molecule has 0 bridgehead atoms. The standard InChI is InChI=1S/C18H16ClN3O2/c1-11-6-7-13(9-14-8-12(2)18(23)22-21-14)10-15(11)24-17-5-3-4-16(19)20-17/h3-8,10H,9H2,1-2H3,(H,22,23). The van der Waals surface area contributed by atoms with Crippen LogP contribution in [0.4, 0.5) is 0 Å². The van der Waals surface area contributed by atoms with Gasteiger partial charge >= 0.3 is 0 Å². The lowest BCUT2D eigenvalue weighted by atomic mass is 10.1. The Kier molecular flexibility index (Phi) is 4.62. The van der Waals surface area contributed by atoms with Gasteiger partial charge in [-0.3, -0.25) is 4.79 Å². The second kappa shape index (κ2) is 6.84. The predicted molar refractivity (Wildman–Crippen MR) is 92.9 cm³/mol. The van der Waals surface area contributed by atoms with Crippen molar-refractivity contribution in [1.82, 2.24) is 15.2 Å². The number of aromatic nitrogens is 3. The second-order valence-corrected chi connectivity index (χ2v) is 5.94. The molecular weight excluding hydrogens is 326 g/mol. The molecule has 1 aromatic carbocycles. The Hall–Kier alpha value is -2.66. The van der Waals surface area contributed by atoms with Crippen LogP contribution in [0.15, 0.2) is 47.3 Å². The van der Waals surface area contributed by atoms with Crippen LogP contribution in [0.1, 0.15) is 22.4 Å². The molecule has 0 fully saturated rings. The van der Waals surface area contributed by atoms with E-state index in [0.29, 0.717) is 28.8 Å². The summed E-state index contributed by atoms with van der Waals surface area (Å²) in [6, 6.07) is 13.0. The number of H-pyrrole nitrogens is 1. The van der Waals surface area contributed by atoms with Crippen molar-refractivity contribution in [2.24, 2.45) is 0 Å². The number of pyridine rings is 1. The summed E-state index contributed by atoms with van der Waals surface area (Å²) in [5.74, 6) is 1.16. The number of halogens is 1. The van der Waals surface area contributed by atoms with E-state index in [1.165, 1.54) is 0 Å². The van der Waals surface area contributed by atoms with Gasteiger partial charge in [-0.1, -0.05) is 29.8 Å². The van der Waals surface area contributed by atoms with E-state index in [1.54, 1.807) is 31.2 Å². The molecule has 2 aromatic heterocycles. The number of ether oxygens (including phenoxy) is 1. The summed E-state index contributed by atoms with van der Waals surface area (Å²) in [5.41, 5.74) is 3.29. The fourth-order valence-electron chi connectivity index (χ4n) is 2.28. The molecule has 3 rings (SSSR count). The van der Waals surface area contributed by atoms with Crippen molar-refractivity contribution >= 4 is 11.6 Å². The largest absolute Gasteiger partial charge is 0.439 e. The highest BCUT2D eigenvalue weighted by Crippen LogP contribution is 2.26. The molecule has 5 nitrogen and oxygen atoms in total. The molecule has 0 aliphatic carbocycles. The lowest BCUT2D eigenvalue weighted by Gasteiger charge is -2.10. The van der Waals surface area contributed by atoms with Gasteiger partial charge in [0.1, 0.15) is 10.9 Å². The average Bonchev–Trinajstić information content (AvgIpc) is 2.54. The number of rotatable bonds is 4.